The number of carbonyl (C=O) groups excluding carboxylic acids is 1. The zero-order chi connectivity index (χ0) is 11.8. The van der Waals surface area contributed by atoms with Crippen molar-refractivity contribution < 1.29 is 4.79 Å². The van der Waals surface area contributed by atoms with Crippen molar-refractivity contribution in [2.75, 3.05) is 13.1 Å². The minimum atomic E-state index is -0.0702. The molecule has 1 unspecified atom stereocenters. The number of nitrogens with zero attached hydrogens (tertiary/aromatic N) is 1. The van der Waals surface area contributed by atoms with Crippen LogP contribution in [0.3, 0.4) is 0 Å². The normalized spacial score (nSPS) is 11.8. The highest BCUT2D eigenvalue weighted by atomic mass is 16.1. The minimum absolute atomic E-state index is 0.0417. The Morgan fingerprint density at radius 2 is 2.44 bits per heavy atom. The monoisotopic (exact) mass is 219 g/mol. The Labute approximate surface area is 95.8 Å². The van der Waals surface area contributed by atoms with Crippen molar-refractivity contribution in [1.29, 1.82) is 0 Å². The van der Waals surface area contributed by atoms with E-state index >= 15 is 0 Å². The number of rotatable bonds is 6. The topological polar surface area (TPSA) is 54.0 Å². The first-order valence-corrected chi connectivity index (χ1v) is 5.26. The third kappa shape index (κ3) is 4.23. The second-order valence-corrected chi connectivity index (χ2v) is 3.46. The van der Waals surface area contributed by atoms with Crippen LogP contribution < -0.4 is 10.6 Å². The molecule has 0 aromatic carbocycles. The van der Waals surface area contributed by atoms with Gasteiger partial charge in [0.25, 0.3) is 0 Å². The first kappa shape index (κ1) is 12.4. The van der Waals surface area contributed by atoms with E-state index in [1.165, 1.54) is 0 Å². The molecule has 1 rings (SSSR count). The molecule has 1 aromatic heterocycles. The lowest BCUT2D eigenvalue weighted by molar-refractivity contribution is -0.120. The summed E-state index contributed by atoms with van der Waals surface area (Å²) in [5.74, 6) is -0.0417. The van der Waals surface area contributed by atoms with Crippen LogP contribution in [-0.2, 0) is 4.79 Å². The molecule has 2 N–H and O–H groups in total. The third-order valence-electron chi connectivity index (χ3n) is 2.08. The Bertz CT molecular complexity index is 337. The molecule has 0 fully saturated rings. The maximum absolute atomic E-state index is 11.5. The number of carbonyl (C=O) groups is 1. The number of pyridine rings is 1. The summed E-state index contributed by atoms with van der Waals surface area (Å²) in [7, 11) is 0. The Kier molecular flexibility index (Phi) is 5.22. The fourth-order valence-electron chi connectivity index (χ4n) is 1.29. The number of nitrogens with one attached hydrogen (secondary N) is 2. The standard InChI is InChI=1S/C12H17N3O/c1-3-7-13-9-12(16)15-10(2)11-6-4-5-8-14-11/h3-6,8,10,13H,1,7,9H2,2H3,(H,15,16). The van der Waals surface area contributed by atoms with Gasteiger partial charge in [0.2, 0.25) is 5.91 Å². The molecule has 0 saturated heterocycles. The number of hydrogen-bond acceptors (Lipinski definition) is 3. The Morgan fingerprint density at radius 3 is 3.06 bits per heavy atom. The van der Waals surface area contributed by atoms with E-state index in [2.05, 4.69) is 22.2 Å². The molecule has 1 aromatic rings. The molecule has 16 heavy (non-hydrogen) atoms. The molecule has 4 nitrogen and oxygen atoms in total. The zero-order valence-corrected chi connectivity index (χ0v) is 9.44. The zero-order valence-electron chi connectivity index (χ0n) is 9.44. The van der Waals surface area contributed by atoms with E-state index in [-0.39, 0.29) is 11.9 Å². The Balaban J connectivity index is 2.36. The SMILES string of the molecule is C=CCNCC(=O)NC(C)c1ccccn1. The van der Waals surface area contributed by atoms with Crippen molar-refractivity contribution in [3.8, 4) is 0 Å². The van der Waals surface area contributed by atoms with Crippen LogP contribution >= 0.6 is 0 Å². The van der Waals surface area contributed by atoms with Crippen LogP contribution in [0.2, 0.25) is 0 Å². The third-order valence-corrected chi connectivity index (χ3v) is 2.08. The molecule has 0 aliphatic carbocycles. The van der Waals surface area contributed by atoms with Gasteiger partial charge in [-0.25, -0.2) is 0 Å². The summed E-state index contributed by atoms with van der Waals surface area (Å²) in [5.41, 5.74) is 0.861. The van der Waals surface area contributed by atoms with Crippen molar-refractivity contribution in [3.63, 3.8) is 0 Å². The average molecular weight is 219 g/mol. The van der Waals surface area contributed by atoms with E-state index in [1.54, 1.807) is 12.3 Å². The van der Waals surface area contributed by atoms with E-state index in [4.69, 9.17) is 0 Å². The molecule has 0 saturated carbocycles. The largest absolute Gasteiger partial charge is 0.347 e. The van der Waals surface area contributed by atoms with E-state index in [0.29, 0.717) is 13.1 Å². The molecule has 1 amide bonds. The minimum Gasteiger partial charge on any atom is -0.347 e. The molecule has 86 valence electrons. The van der Waals surface area contributed by atoms with Crippen LogP contribution in [0.4, 0.5) is 0 Å². The van der Waals surface area contributed by atoms with Gasteiger partial charge in [-0.05, 0) is 19.1 Å². The summed E-state index contributed by atoms with van der Waals surface area (Å²) >= 11 is 0. The van der Waals surface area contributed by atoms with E-state index in [1.807, 2.05) is 25.1 Å². The lowest BCUT2D eigenvalue weighted by Gasteiger charge is -2.13. The first-order chi connectivity index (χ1) is 7.74. The van der Waals surface area contributed by atoms with Gasteiger partial charge in [0.05, 0.1) is 18.3 Å². The smallest absolute Gasteiger partial charge is 0.234 e. The van der Waals surface area contributed by atoms with Crippen molar-refractivity contribution in [3.05, 3.63) is 42.7 Å². The van der Waals surface area contributed by atoms with Gasteiger partial charge in [0.1, 0.15) is 0 Å². The quantitative estimate of drug-likeness (QED) is 0.555. The Morgan fingerprint density at radius 1 is 1.62 bits per heavy atom. The van der Waals surface area contributed by atoms with Crippen LogP contribution in [0, 0.1) is 0 Å². The van der Waals surface area contributed by atoms with Gasteiger partial charge >= 0.3 is 0 Å². The van der Waals surface area contributed by atoms with Gasteiger partial charge in [0, 0.05) is 12.7 Å². The van der Waals surface area contributed by atoms with Crippen molar-refractivity contribution in [1.82, 2.24) is 15.6 Å². The second-order valence-electron chi connectivity index (χ2n) is 3.46. The van der Waals surface area contributed by atoms with Gasteiger partial charge in [-0.3, -0.25) is 9.78 Å². The highest BCUT2D eigenvalue weighted by Crippen LogP contribution is 2.06. The van der Waals surface area contributed by atoms with Crippen LogP contribution in [0.15, 0.2) is 37.1 Å². The van der Waals surface area contributed by atoms with E-state index in [0.717, 1.165) is 5.69 Å². The van der Waals surface area contributed by atoms with Crippen molar-refractivity contribution >= 4 is 5.91 Å². The highest BCUT2D eigenvalue weighted by Gasteiger charge is 2.09. The fourth-order valence-corrected chi connectivity index (χ4v) is 1.29. The van der Waals surface area contributed by atoms with Crippen LogP contribution in [-0.4, -0.2) is 24.0 Å². The summed E-state index contributed by atoms with van der Waals surface area (Å²) in [4.78, 5) is 15.6. The van der Waals surface area contributed by atoms with Gasteiger partial charge < -0.3 is 10.6 Å². The van der Waals surface area contributed by atoms with Crippen LogP contribution in [0.5, 0.6) is 0 Å². The van der Waals surface area contributed by atoms with Gasteiger partial charge in [-0.1, -0.05) is 12.1 Å². The number of aromatic nitrogens is 1. The molecule has 4 heteroatoms. The molecule has 1 atom stereocenters. The maximum atomic E-state index is 11.5. The second kappa shape index (κ2) is 6.74. The molecular formula is C12H17N3O. The average Bonchev–Trinajstić information content (AvgIpc) is 2.30. The van der Waals surface area contributed by atoms with Crippen molar-refractivity contribution in [2.45, 2.75) is 13.0 Å². The first-order valence-electron chi connectivity index (χ1n) is 5.26. The van der Waals surface area contributed by atoms with Gasteiger partial charge in [-0.15, -0.1) is 6.58 Å². The van der Waals surface area contributed by atoms with Crippen molar-refractivity contribution in [2.24, 2.45) is 0 Å². The number of amides is 1. The molecule has 1 heterocycles. The molecule has 0 spiro atoms. The van der Waals surface area contributed by atoms with Gasteiger partial charge in [0.15, 0.2) is 0 Å². The van der Waals surface area contributed by atoms with Gasteiger partial charge in [-0.2, -0.15) is 0 Å². The molecule has 0 aliphatic rings. The van der Waals surface area contributed by atoms with E-state index in [9.17, 15) is 4.79 Å². The summed E-state index contributed by atoms with van der Waals surface area (Å²) in [6.07, 6.45) is 3.43. The molecule has 0 bridgehead atoms. The lowest BCUT2D eigenvalue weighted by Crippen LogP contribution is -2.35. The number of hydrogen-bond donors (Lipinski definition) is 2. The fraction of sp³-hybridized carbons (Fsp3) is 0.333. The summed E-state index contributed by atoms with van der Waals surface area (Å²) in [5, 5.41) is 5.80. The Hall–Kier alpha value is -1.68. The van der Waals surface area contributed by atoms with E-state index < -0.39 is 0 Å². The van der Waals surface area contributed by atoms with Crippen LogP contribution in [0.25, 0.3) is 0 Å². The lowest BCUT2D eigenvalue weighted by atomic mass is 10.2. The molecule has 0 aliphatic heterocycles. The maximum Gasteiger partial charge on any atom is 0.234 e. The predicted octanol–water partition coefficient (Wildman–Crippen LogP) is 1.03. The molecule has 0 radical (unpaired) electrons. The summed E-state index contributed by atoms with van der Waals surface area (Å²) in [6, 6.07) is 5.58. The summed E-state index contributed by atoms with van der Waals surface area (Å²) in [6.45, 7) is 6.40. The molecular weight excluding hydrogens is 202 g/mol. The highest BCUT2D eigenvalue weighted by molar-refractivity contribution is 5.78. The summed E-state index contributed by atoms with van der Waals surface area (Å²) < 4.78 is 0. The van der Waals surface area contributed by atoms with Crippen LogP contribution in [0.1, 0.15) is 18.7 Å². The predicted molar refractivity (Wildman–Crippen MR) is 63.9 cm³/mol.